The average molecular weight is 225 g/mol. The molecule has 4 nitrogen and oxygen atoms in total. The molecule has 0 aliphatic heterocycles. The smallest absolute Gasteiger partial charge is 0.397 e. The highest BCUT2D eigenvalue weighted by atomic mass is 19.1. The molecule has 1 N–H and O–H groups in total. The molecule has 0 radical (unpaired) electrons. The molecular weight excluding hydrogens is 213 g/mol. The standard InChI is InChI=1S/C11H12FNO3/c1-7(2)16-11(15)10(14)13-9-5-3-8(12)4-6-9/h3-7H,1-2H3,(H,13,14). The van der Waals surface area contributed by atoms with Gasteiger partial charge in [-0.05, 0) is 38.1 Å². The van der Waals surface area contributed by atoms with Crippen LogP contribution in [0.5, 0.6) is 0 Å². The Kier molecular flexibility index (Phi) is 3.99. The normalized spacial score (nSPS) is 10.0. The summed E-state index contributed by atoms with van der Waals surface area (Å²) in [6, 6.07) is 5.08. The molecule has 1 amide bonds. The van der Waals surface area contributed by atoms with Crippen molar-refractivity contribution in [1.29, 1.82) is 0 Å². The van der Waals surface area contributed by atoms with E-state index in [0.717, 1.165) is 0 Å². The maximum atomic E-state index is 12.6. The topological polar surface area (TPSA) is 55.4 Å². The summed E-state index contributed by atoms with van der Waals surface area (Å²) in [6.45, 7) is 3.28. The van der Waals surface area contributed by atoms with Crippen molar-refractivity contribution in [1.82, 2.24) is 0 Å². The number of nitrogens with one attached hydrogen (secondary N) is 1. The number of amides is 1. The fourth-order valence-electron chi connectivity index (χ4n) is 0.983. The lowest BCUT2D eigenvalue weighted by Crippen LogP contribution is -2.27. The van der Waals surface area contributed by atoms with Crippen LogP contribution in [-0.4, -0.2) is 18.0 Å². The highest BCUT2D eigenvalue weighted by Gasteiger charge is 2.16. The van der Waals surface area contributed by atoms with Gasteiger partial charge in [0.05, 0.1) is 6.10 Å². The third-order valence-corrected chi connectivity index (χ3v) is 1.63. The summed E-state index contributed by atoms with van der Waals surface area (Å²) in [4.78, 5) is 22.4. The number of hydrogen-bond donors (Lipinski definition) is 1. The van der Waals surface area contributed by atoms with E-state index in [1.54, 1.807) is 13.8 Å². The predicted molar refractivity (Wildman–Crippen MR) is 56.3 cm³/mol. The van der Waals surface area contributed by atoms with Gasteiger partial charge >= 0.3 is 11.9 Å². The number of rotatable bonds is 2. The number of hydrogen-bond acceptors (Lipinski definition) is 3. The predicted octanol–water partition coefficient (Wildman–Crippen LogP) is 1.72. The zero-order valence-corrected chi connectivity index (χ0v) is 8.99. The van der Waals surface area contributed by atoms with E-state index in [4.69, 9.17) is 0 Å². The lowest BCUT2D eigenvalue weighted by atomic mass is 10.3. The fourth-order valence-corrected chi connectivity index (χ4v) is 0.983. The molecule has 5 heteroatoms. The second-order valence-corrected chi connectivity index (χ2v) is 3.42. The molecule has 0 atom stereocenters. The number of halogens is 1. The summed E-state index contributed by atoms with van der Waals surface area (Å²) < 4.78 is 17.2. The van der Waals surface area contributed by atoms with Crippen LogP contribution in [0.4, 0.5) is 10.1 Å². The van der Waals surface area contributed by atoms with Gasteiger partial charge in [-0.15, -0.1) is 0 Å². The Bertz CT molecular complexity index is 387. The summed E-state index contributed by atoms with van der Waals surface area (Å²) in [6.07, 6.45) is -0.355. The molecule has 1 aromatic rings. The van der Waals surface area contributed by atoms with Gasteiger partial charge in [-0.1, -0.05) is 0 Å². The third-order valence-electron chi connectivity index (χ3n) is 1.63. The number of anilines is 1. The SMILES string of the molecule is CC(C)OC(=O)C(=O)Nc1ccc(F)cc1. The lowest BCUT2D eigenvalue weighted by molar-refractivity contribution is -0.155. The van der Waals surface area contributed by atoms with Crippen LogP contribution in [0.15, 0.2) is 24.3 Å². The van der Waals surface area contributed by atoms with Crippen LogP contribution in [0.1, 0.15) is 13.8 Å². The molecule has 0 aliphatic rings. The Morgan fingerprint density at radius 3 is 2.31 bits per heavy atom. The van der Waals surface area contributed by atoms with E-state index in [9.17, 15) is 14.0 Å². The lowest BCUT2D eigenvalue weighted by Gasteiger charge is -2.07. The third kappa shape index (κ3) is 3.68. The first-order valence-electron chi connectivity index (χ1n) is 4.76. The van der Waals surface area contributed by atoms with Gasteiger partial charge in [0.2, 0.25) is 0 Å². The zero-order chi connectivity index (χ0) is 12.1. The van der Waals surface area contributed by atoms with E-state index in [1.165, 1.54) is 24.3 Å². The van der Waals surface area contributed by atoms with E-state index in [-0.39, 0.29) is 6.10 Å². The number of ether oxygens (including phenoxy) is 1. The second kappa shape index (κ2) is 5.25. The van der Waals surface area contributed by atoms with Crippen molar-refractivity contribution in [2.45, 2.75) is 20.0 Å². The maximum Gasteiger partial charge on any atom is 0.397 e. The van der Waals surface area contributed by atoms with Crippen LogP contribution >= 0.6 is 0 Å². The van der Waals surface area contributed by atoms with Gasteiger partial charge < -0.3 is 10.1 Å². The van der Waals surface area contributed by atoms with Crippen LogP contribution in [-0.2, 0) is 14.3 Å². The van der Waals surface area contributed by atoms with E-state index < -0.39 is 17.7 Å². The molecule has 0 heterocycles. The Morgan fingerprint density at radius 1 is 1.25 bits per heavy atom. The summed E-state index contributed by atoms with van der Waals surface area (Å²) in [5, 5.41) is 2.29. The molecule has 0 unspecified atom stereocenters. The molecule has 0 spiro atoms. The van der Waals surface area contributed by atoms with Crippen LogP contribution in [0, 0.1) is 5.82 Å². The van der Waals surface area contributed by atoms with Crippen molar-refractivity contribution in [3.63, 3.8) is 0 Å². The first-order chi connectivity index (χ1) is 7.49. The fraction of sp³-hybridized carbons (Fsp3) is 0.273. The second-order valence-electron chi connectivity index (χ2n) is 3.42. The monoisotopic (exact) mass is 225 g/mol. The molecule has 0 fully saturated rings. The van der Waals surface area contributed by atoms with Crippen molar-refractivity contribution >= 4 is 17.6 Å². The first-order valence-corrected chi connectivity index (χ1v) is 4.76. The molecule has 1 rings (SSSR count). The van der Waals surface area contributed by atoms with Crippen LogP contribution in [0.3, 0.4) is 0 Å². The van der Waals surface area contributed by atoms with Gasteiger partial charge in [0, 0.05) is 5.69 Å². The van der Waals surface area contributed by atoms with E-state index in [2.05, 4.69) is 10.1 Å². The van der Waals surface area contributed by atoms with E-state index in [0.29, 0.717) is 5.69 Å². The summed E-state index contributed by atoms with van der Waals surface area (Å²) in [5.41, 5.74) is 0.340. The van der Waals surface area contributed by atoms with Crippen LogP contribution < -0.4 is 5.32 Å². The van der Waals surface area contributed by atoms with Crippen molar-refractivity contribution in [3.05, 3.63) is 30.1 Å². The van der Waals surface area contributed by atoms with Gasteiger partial charge in [0.15, 0.2) is 0 Å². The number of esters is 1. The minimum absolute atomic E-state index is 0.340. The quantitative estimate of drug-likeness (QED) is 0.615. The molecule has 86 valence electrons. The average Bonchev–Trinajstić information content (AvgIpc) is 2.20. The van der Waals surface area contributed by atoms with Crippen molar-refractivity contribution in [2.24, 2.45) is 0 Å². The van der Waals surface area contributed by atoms with Crippen LogP contribution in [0.2, 0.25) is 0 Å². The molecule has 1 aromatic carbocycles. The number of benzene rings is 1. The van der Waals surface area contributed by atoms with Crippen molar-refractivity contribution < 1.29 is 18.7 Å². The Balaban J connectivity index is 2.57. The molecule has 0 aromatic heterocycles. The van der Waals surface area contributed by atoms with E-state index in [1.807, 2.05) is 0 Å². The number of carbonyl (C=O) groups is 2. The summed E-state index contributed by atoms with van der Waals surface area (Å²) in [7, 11) is 0. The molecule has 0 bridgehead atoms. The molecule has 16 heavy (non-hydrogen) atoms. The van der Waals surface area contributed by atoms with Crippen molar-refractivity contribution in [3.8, 4) is 0 Å². The van der Waals surface area contributed by atoms with Gasteiger partial charge in [-0.2, -0.15) is 0 Å². The highest BCUT2D eigenvalue weighted by molar-refractivity contribution is 6.37. The minimum Gasteiger partial charge on any atom is -0.456 e. The highest BCUT2D eigenvalue weighted by Crippen LogP contribution is 2.08. The van der Waals surface area contributed by atoms with E-state index >= 15 is 0 Å². The summed E-state index contributed by atoms with van der Waals surface area (Å²) >= 11 is 0. The molecule has 0 saturated carbocycles. The molecule has 0 aliphatic carbocycles. The maximum absolute atomic E-state index is 12.6. The molecule has 0 saturated heterocycles. The minimum atomic E-state index is -0.959. The first kappa shape index (κ1) is 12.2. The Morgan fingerprint density at radius 2 is 1.81 bits per heavy atom. The van der Waals surface area contributed by atoms with Gasteiger partial charge in [0.1, 0.15) is 5.82 Å². The van der Waals surface area contributed by atoms with Gasteiger partial charge in [-0.3, -0.25) is 4.79 Å². The van der Waals surface area contributed by atoms with Crippen LogP contribution in [0.25, 0.3) is 0 Å². The molecular formula is C11H12FNO3. The van der Waals surface area contributed by atoms with Crippen molar-refractivity contribution in [2.75, 3.05) is 5.32 Å². The number of carbonyl (C=O) groups excluding carboxylic acids is 2. The summed E-state index contributed by atoms with van der Waals surface area (Å²) in [5.74, 6) is -2.25. The Labute approximate surface area is 92.4 Å². The zero-order valence-electron chi connectivity index (χ0n) is 8.99. The Hall–Kier alpha value is -1.91. The van der Waals surface area contributed by atoms with Gasteiger partial charge in [-0.25, -0.2) is 9.18 Å². The largest absolute Gasteiger partial charge is 0.456 e. The van der Waals surface area contributed by atoms with Gasteiger partial charge in [0.25, 0.3) is 0 Å².